The van der Waals surface area contributed by atoms with Crippen LogP contribution in [0.3, 0.4) is 0 Å². The van der Waals surface area contributed by atoms with Gasteiger partial charge in [-0.15, -0.1) is 11.3 Å². The number of hydrogen-bond donors (Lipinski definition) is 1. The van der Waals surface area contributed by atoms with Crippen LogP contribution in [-0.4, -0.2) is 23.3 Å². The lowest BCUT2D eigenvalue weighted by molar-refractivity contribution is -0.149. The Bertz CT molecular complexity index is 601. The zero-order valence-corrected chi connectivity index (χ0v) is 13.7. The first-order valence-electron chi connectivity index (χ1n) is 6.63. The summed E-state index contributed by atoms with van der Waals surface area (Å²) in [7, 11) is 0. The van der Waals surface area contributed by atoms with Crippen LogP contribution in [-0.2, 0) is 15.1 Å². The second-order valence-electron chi connectivity index (χ2n) is 4.60. The molecule has 0 aliphatic rings. The Hall–Kier alpha value is -1.37. The Morgan fingerprint density at radius 1 is 1.43 bits per heavy atom. The fraction of sp³-hybridized carbons (Fsp3) is 0.333. The normalized spacial score (nSPS) is 13.7. The molecule has 2 rings (SSSR count). The topological polar surface area (TPSA) is 65.2 Å². The average Bonchev–Trinajstić information content (AvgIpc) is 2.91. The van der Waals surface area contributed by atoms with Crippen molar-refractivity contribution in [3.8, 4) is 0 Å². The highest BCUT2D eigenvalue weighted by Gasteiger charge is 2.38. The molecule has 1 unspecified atom stereocenters. The van der Waals surface area contributed by atoms with Gasteiger partial charge in [-0.3, -0.25) is 0 Å². The van der Waals surface area contributed by atoms with E-state index in [0.717, 1.165) is 15.6 Å². The lowest BCUT2D eigenvalue weighted by Gasteiger charge is -2.26. The molecule has 6 heteroatoms. The first-order chi connectivity index (χ1) is 10.1. The van der Waals surface area contributed by atoms with Gasteiger partial charge < -0.3 is 10.5 Å². The summed E-state index contributed by atoms with van der Waals surface area (Å²) in [6.07, 6.45) is 0. The van der Waals surface area contributed by atoms with E-state index in [-0.39, 0.29) is 0 Å². The Labute approximate surface area is 132 Å². The average molecular weight is 322 g/mol. The van der Waals surface area contributed by atoms with Gasteiger partial charge in [0.05, 0.1) is 6.61 Å². The molecule has 1 heterocycles. The Morgan fingerprint density at radius 2 is 2.14 bits per heavy atom. The monoisotopic (exact) mass is 322 g/mol. The van der Waals surface area contributed by atoms with Crippen molar-refractivity contribution in [3.63, 3.8) is 0 Å². The van der Waals surface area contributed by atoms with Gasteiger partial charge in [-0.2, -0.15) is 0 Å². The van der Waals surface area contributed by atoms with E-state index in [1.165, 1.54) is 11.8 Å². The first kappa shape index (κ1) is 16.0. The number of nitrogens with zero attached hydrogens (tertiary/aromatic N) is 1. The molecule has 0 saturated heterocycles. The highest BCUT2D eigenvalue weighted by Crippen LogP contribution is 2.30. The summed E-state index contributed by atoms with van der Waals surface area (Å²) in [5, 5.41) is 1.98. The van der Waals surface area contributed by atoms with Crippen LogP contribution in [0.5, 0.6) is 0 Å². The number of carbonyl (C=O) groups is 1. The molecule has 2 aromatic rings. The highest BCUT2D eigenvalue weighted by atomic mass is 32.2. The molecule has 4 nitrogen and oxygen atoms in total. The third-order valence-corrected chi connectivity index (χ3v) is 5.28. The van der Waals surface area contributed by atoms with E-state index in [9.17, 15) is 4.79 Å². The first-order valence-corrected chi connectivity index (χ1v) is 8.49. The van der Waals surface area contributed by atoms with Crippen LogP contribution < -0.4 is 5.73 Å². The van der Waals surface area contributed by atoms with Crippen molar-refractivity contribution in [3.05, 3.63) is 47.0 Å². The lowest BCUT2D eigenvalue weighted by atomic mass is 9.93. The third kappa shape index (κ3) is 3.84. The minimum atomic E-state index is -1.17. The van der Waals surface area contributed by atoms with Gasteiger partial charge in [0.25, 0.3) is 0 Å². The van der Waals surface area contributed by atoms with Crippen molar-refractivity contribution in [1.82, 2.24) is 4.98 Å². The van der Waals surface area contributed by atoms with Crippen LogP contribution in [0.15, 0.2) is 40.1 Å². The molecule has 112 valence electrons. The molecule has 0 radical (unpaired) electrons. The van der Waals surface area contributed by atoms with E-state index >= 15 is 0 Å². The van der Waals surface area contributed by atoms with Gasteiger partial charge >= 0.3 is 5.97 Å². The van der Waals surface area contributed by atoms with E-state index < -0.39 is 11.5 Å². The summed E-state index contributed by atoms with van der Waals surface area (Å²) >= 11 is 3.03. The molecule has 0 saturated carbocycles. The van der Waals surface area contributed by atoms with E-state index in [2.05, 4.69) is 4.98 Å². The van der Waals surface area contributed by atoms with Gasteiger partial charge in [-0.05, 0) is 19.4 Å². The maximum absolute atomic E-state index is 12.3. The summed E-state index contributed by atoms with van der Waals surface area (Å²) in [4.78, 5) is 16.7. The Kier molecular flexibility index (Phi) is 5.39. The van der Waals surface area contributed by atoms with Gasteiger partial charge in [0.2, 0.25) is 0 Å². The van der Waals surface area contributed by atoms with Gasteiger partial charge in [0, 0.05) is 16.8 Å². The molecule has 0 aliphatic heterocycles. The van der Waals surface area contributed by atoms with Crippen LogP contribution in [0, 0.1) is 6.92 Å². The molecule has 1 aromatic carbocycles. The fourth-order valence-corrected chi connectivity index (χ4v) is 3.79. The van der Waals surface area contributed by atoms with Crippen molar-refractivity contribution >= 4 is 29.1 Å². The summed E-state index contributed by atoms with van der Waals surface area (Å²) in [6, 6.07) is 9.34. The zero-order chi connectivity index (χ0) is 15.3. The van der Waals surface area contributed by atoms with Crippen LogP contribution in [0.1, 0.15) is 18.2 Å². The number of thiazole rings is 1. The third-order valence-electron chi connectivity index (χ3n) is 2.95. The van der Waals surface area contributed by atoms with Gasteiger partial charge in [0.15, 0.2) is 0 Å². The number of carbonyl (C=O) groups excluding carboxylic acids is 1. The summed E-state index contributed by atoms with van der Waals surface area (Å²) in [6.45, 7) is 4.03. The minimum Gasteiger partial charge on any atom is -0.464 e. The molecular formula is C15H18N2O2S2. The van der Waals surface area contributed by atoms with E-state index in [4.69, 9.17) is 10.5 Å². The molecular weight excluding hydrogens is 304 g/mol. The summed E-state index contributed by atoms with van der Waals surface area (Å²) in [5.74, 6) is -0.0139. The summed E-state index contributed by atoms with van der Waals surface area (Å²) in [5.41, 5.74) is 6.95. The number of hydrogen-bond acceptors (Lipinski definition) is 6. The Morgan fingerprint density at radius 3 is 2.71 bits per heavy atom. The molecule has 2 N–H and O–H groups in total. The quantitative estimate of drug-likeness (QED) is 0.654. The number of benzene rings is 1. The minimum absolute atomic E-state index is 0.311. The van der Waals surface area contributed by atoms with Crippen LogP contribution in [0.25, 0.3) is 0 Å². The van der Waals surface area contributed by atoms with Crippen LogP contribution in [0.2, 0.25) is 0 Å². The predicted molar refractivity (Wildman–Crippen MR) is 86.5 cm³/mol. The zero-order valence-electron chi connectivity index (χ0n) is 12.0. The Balaban J connectivity index is 2.21. The standard InChI is InChI=1S/C15H18N2O2S2/c1-3-19-13(18)15(16,12-7-5-4-6-8-12)10-21-14-17-11(2)9-20-14/h4-9H,3,10,16H2,1-2H3. The van der Waals surface area contributed by atoms with Crippen LogP contribution >= 0.6 is 23.1 Å². The number of nitrogens with two attached hydrogens (primary N) is 1. The molecule has 1 aromatic heterocycles. The van der Waals surface area contributed by atoms with Crippen molar-refractivity contribution in [2.45, 2.75) is 23.7 Å². The predicted octanol–water partition coefficient (Wildman–Crippen LogP) is 2.96. The van der Waals surface area contributed by atoms with Gasteiger partial charge in [0.1, 0.15) is 9.88 Å². The number of ether oxygens (including phenoxy) is 1. The summed E-state index contributed by atoms with van der Waals surface area (Å²) < 4.78 is 6.07. The molecule has 0 amide bonds. The van der Waals surface area contributed by atoms with E-state index in [1.54, 1.807) is 18.3 Å². The molecule has 0 aliphatic carbocycles. The van der Waals surface area contributed by atoms with Crippen LogP contribution in [0.4, 0.5) is 0 Å². The SMILES string of the molecule is CCOC(=O)C(N)(CSc1nc(C)cs1)c1ccccc1. The van der Waals surface area contributed by atoms with Crippen molar-refractivity contribution < 1.29 is 9.53 Å². The number of aryl methyl sites for hydroxylation is 1. The second-order valence-corrected chi connectivity index (χ2v) is 6.68. The smallest absolute Gasteiger partial charge is 0.331 e. The lowest BCUT2D eigenvalue weighted by Crippen LogP contribution is -2.48. The second kappa shape index (κ2) is 7.06. The fourth-order valence-electron chi connectivity index (χ4n) is 1.83. The van der Waals surface area contributed by atoms with Crippen molar-refractivity contribution in [2.24, 2.45) is 5.73 Å². The van der Waals surface area contributed by atoms with Gasteiger partial charge in [-0.25, -0.2) is 9.78 Å². The van der Waals surface area contributed by atoms with Crippen molar-refractivity contribution in [2.75, 3.05) is 12.4 Å². The molecule has 0 bridgehead atoms. The number of rotatable bonds is 6. The largest absolute Gasteiger partial charge is 0.464 e. The molecule has 0 fully saturated rings. The maximum Gasteiger partial charge on any atom is 0.331 e. The molecule has 0 spiro atoms. The highest BCUT2D eigenvalue weighted by molar-refractivity contribution is 8.01. The van der Waals surface area contributed by atoms with Gasteiger partial charge in [-0.1, -0.05) is 42.1 Å². The molecule has 1 atom stereocenters. The van der Waals surface area contributed by atoms with E-state index in [1.807, 2.05) is 42.6 Å². The maximum atomic E-state index is 12.3. The number of thioether (sulfide) groups is 1. The number of esters is 1. The molecule has 21 heavy (non-hydrogen) atoms. The van der Waals surface area contributed by atoms with Crippen molar-refractivity contribution in [1.29, 1.82) is 0 Å². The van der Waals surface area contributed by atoms with E-state index in [0.29, 0.717) is 12.4 Å². The number of aromatic nitrogens is 1.